The van der Waals surface area contributed by atoms with Gasteiger partial charge in [0.05, 0.1) is 11.8 Å². The number of hydrogen-bond donors (Lipinski definition) is 1. The minimum atomic E-state index is -1.14. The average molecular weight is 573 g/mol. The lowest BCUT2D eigenvalue weighted by molar-refractivity contribution is -0.159. The zero-order valence-electron chi connectivity index (χ0n) is 20.8. The standard InChI is InChI=1S/C30H25BrN2O5/c1-15-13-17(11-12-22(15)31)32-23(34)14-38-30(37)16(2)33-28(35)26-24-18-7-3-4-8-19(18)25(27(26)29(33)36)21-10-6-5-9-20(21)24/h3-13,16,24-27H,14H2,1-2H3,(H,32,34)/t16-,24?,25?,26-,27+/m1/s1. The van der Waals surface area contributed by atoms with Crippen molar-refractivity contribution in [2.75, 3.05) is 11.9 Å². The van der Waals surface area contributed by atoms with Crippen LogP contribution in [0.15, 0.2) is 71.2 Å². The molecule has 7 nitrogen and oxygen atoms in total. The number of aryl methyl sites for hydroxylation is 1. The van der Waals surface area contributed by atoms with Gasteiger partial charge in [0, 0.05) is 22.0 Å². The van der Waals surface area contributed by atoms with E-state index in [0.717, 1.165) is 37.2 Å². The van der Waals surface area contributed by atoms with E-state index in [1.54, 1.807) is 12.1 Å². The van der Waals surface area contributed by atoms with Crippen LogP contribution in [0.1, 0.15) is 46.6 Å². The van der Waals surface area contributed by atoms with Crippen molar-refractivity contribution in [2.45, 2.75) is 31.7 Å². The summed E-state index contributed by atoms with van der Waals surface area (Å²) in [6.45, 7) is 2.85. The number of anilines is 1. The van der Waals surface area contributed by atoms with Crippen molar-refractivity contribution in [1.29, 1.82) is 0 Å². The van der Waals surface area contributed by atoms with E-state index in [9.17, 15) is 19.2 Å². The molecule has 1 heterocycles. The van der Waals surface area contributed by atoms with Gasteiger partial charge in [-0.05, 0) is 59.9 Å². The number of nitrogens with zero attached hydrogens (tertiary/aromatic N) is 1. The molecule has 38 heavy (non-hydrogen) atoms. The van der Waals surface area contributed by atoms with E-state index < -0.39 is 36.4 Å². The molecule has 1 saturated heterocycles. The first-order valence-electron chi connectivity index (χ1n) is 12.5. The fraction of sp³-hybridized carbons (Fsp3) is 0.267. The first-order valence-corrected chi connectivity index (χ1v) is 13.3. The lowest BCUT2D eigenvalue weighted by atomic mass is 9.55. The summed E-state index contributed by atoms with van der Waals surface area (Å²) in [6, 6.07) is 20.1. The smallest absolute Gasteiger partial charge is 0.329 e. The Morgan fingerprint density at radius 3 is 1.87 bits per heavy atom. The molecule has 192 valence electrons. The van der Waals surface area contributed by atoms with Crippen LogP contribution in [0.4, 0.5) is 5.69 Å². The third-order valence-corrected chi connectivity index (χ3v) is 8.89. The Labute approximate surface area is 228 Å². The van der Waals surface area contributed by atoms with Crippen LogP contribution >= 0.6 is 15.9 Å². The van der Waals surface area contributed by atoms with E-state index in [2.05, 4.69) is 21.2 Å². The van der Waals surface area contributed by atoms with E-state index in [1.807, 2.05) is 61.5 Å². The van der Waals surface area contributed by atoms with Gasteiger partial charge < -0.3 is 10.1 Å². The maximum absolute atomic E-state index is 13.8. The zero-order valence-corrected chi connectivity index (χ0v) is 22.4. The summed E-state index contributed by atoms with van der Waals surface area (Å²) in [5.41, 5.74) is 5.78. The molecule has 3 aromatic carbocycles. The monoisotopic (exact) mass is 572 g/mol. The van der Waals surface area contributed by atoms with Crippen molar-refractivity contribution >= 4 is 45.3 Å². The lowest BCUT2D eigenvalue weighted by Gasteiger charge is -2.45. The van der Waals surface area contributed by atoms with Gasteiger partial charge in [-0.15, -0.1) is 0 Å². The predicted molar refractivity (Wildman–Crippen MR) is 143 cm³/mol. The summed E-state index contributed by atoms with van der Waals surface area (Å²) in [5, 5.41) is 2.69. The molecule has 0 unspecified atom stereocenters. The van der Waals surface area contributed by atoms with Crippen LogP contribution in [-0.2, 0) is 23.9 Å². The van der Waals surface area contributed by atoms with Crippen LogP contribution < -0.4 is 5.32 Å². The fourth-order valence-corrected chi connectivity index (χ4v) is 6.61. The topological polar surface area (TPSA) is 92.8 Å². The van der Waals surface area contributed by atoms with Crippen LogP contribution in [0.3, 0.4) is 0 Å². The Balaban J connectivity index is 1.20. The molecule has 1 N–H and O–H groups in total. The summed E-state index contributed by atoms with van der Waals surface area (Å²) in [4.78, 5) is 53.9. The minimum absolute atomic E-state index is 0.248. The second-order valence-corrected chi connectivity index (χ2v) is 11.0. The summed E-state index contributed by atoms with van der Waals surface area (Å²) >= 11 is 3.41. The maximum atomic E-state index is 13.8. The molecule has 2 bridgehead atoms. The van der Waals surface area contributed by atoms with Gasteiger partial charge in [0.1, 0.15) is 6.04 Å². The van der Waals surface area contributed by atoms with Crippen LogP contribution in [0, 0.1) is 18.8 Å². The average Bonchev–Trinajstić information content (AvgIpc) is 3.19. The first-order chi connectivity index (χ1) is 18.3. The van der Waals surface area contributed by atoms with Crippen molar-refractivity contribution in [2.24, 2.45) is 11.8 Å². The first kappa shape index (κ1) is 24.6. The van der Waals surface area contributed by atoms with E-state index >= 15 is 0 Å². The number of likely N-dealkylation sites (tertiary alicyclic amines) is 1. The Hall–Kier alpha value is -3.78. The molecule has 4 aliphatic rings. The SMILES string of the molecule is Cc1cc(NC(=O)COC(=O)[C@@H](C)N2C(=O)[C@@H]3C4c5ccccc5C(c5ccccc54)[C@@H]3C2=O)ccc1Br. The van der Waals surface area contributed by atoms with Gasteiger partial charge in [-0.1, -0.05) is 64.5 Å². The van der Waals surface area contributed by atoms with Gasteiger partial charge in [0.25, 0.3) is 5.91 Å². The molecule has 8 heteroatoms. The number of rotatable bonds is 5. The molecule has 0 radical (unpaired) electrons. The van der Waals surface area contributed by atoms with Crippen molar-refractivity contribution in [3.05, 3.63) is 99.0 Å². The van der Waals surface area contributed by atoms with E-state index in [0.29, 0.717) is 5.69 Å². The largest absolute Gasteiger partial charge is 0.454 e. The zero-order chi connectivity index (χ0) is 26.7. The van der Waals surface area contributed by atoms with Crippen LogP contribution in [0.2, 0.25) is 0 Å². The van der Waals surface area contributed by atoms with Gasteiger partial charge in [-0.2, -0.15) is 0 Å². The van der Waals surface area contributed by atoms with E-state index in [4.69, 9.17) is 4.74 Å². The lowest BCUT2D eigenvalue weighted by Crippen LogP contribution is -2.45. The molecule has 3 amide bonds. The van der Waals surface area contributed by atoms with Crippen molar-refractivity contribution in [3.8, 4) is 0 Å². The molecule has 0 spiro atoms. The third-order valence-electron chi connectivity index (χ3n) is 8.00. The Kier molecular flexibility index (Phi) is 5.94. The summed E-state index contributed by atoms with van der Waals surface area (Å²) in [7, 11) is 0. The molecule has 0 aromatic heterocycles. The highest BCUT2D eigenvalue weighted by molar-refractivity contribution is 9.10. The number of hydrogen-bond acceptors (Lipinski definition) is 5. The summed E-state index contributed by atoms with van der Waals surface area (Å²) < 4.78 is 6.15. The Bertz CT molecular complexity index is 1400. The molecule has 3 aromatic rings. The molecule has 1 aliphatic heterocycles. The molecule has 3 atom stereocenters. The Morgan fingerprint density at radius 1 is 0.895 bits per heavy atom. The van der Waals surface area contributed by atoms with Crippen LogP contribution in [0.25, 0.3) is 0 Å². The van der Waals surface area contributed by atoms with Crippen molar-refractivity contribution in [1.82, 2.24) is 4.90 Å². The number of benzene rings is 3. The molecule has 3 aliphatic carbocycles. The van der Waals surface area contributed by atoms with Crippen LogP contribution in [0.5, 0.6) is 0 Å². The molecular formula is C30H25BrN2O5. The number of amides is 3. The summed E-state index contributed by atoms with van der Waals surface area (Å²) in [5.74, 6) is -3.67. The van der Waals surface area contributed by atoms with Gasteiger partial charge in [0.15, 0.2) is 6.61 Å². The number of carbonyl (C=O) groups is 4. The Morgan fingerprint density at radius 2 is 1.39 bits per heavy atom. The maximum Gasteiger partial charge on any atom is 0.329 e. The number of esters is 1. The third kappa shape index (κ3) is 3.69. The summed E-state index contributed by atoms with van der Waals surface area (Å²) in [6.07, 6.45) is 0. The second-order valence-electron chi connectivity index (χ2n) is 10.1. The number of carbonyl (C=O) groups excluding carboxylic acids is 4. The van der Waals surface area contributed by atoms with E-state index in [1.165, 1.54) is 6.92 Å². The number of imide groups is 1. The number of nitrogens with one attached hydrogen (secondary N) is 1. The quantitative estimate of drug-likeness (QED) is 0.358. The second kappa shape index (κ2) is 9.20. The van der Waals surface area contributed by atoms with Gasteiger partial charge in [-0.25, -0.2) is 4.79 Å². The van der Waals surface area contributed by atoms with Gasteiger partial charge in [-0.3, -0.25) is 19.3 Å². The highest BCUT2D eigenvalue weighted by Gasteiger charge is 2.62. The van der Waals surface area contributed by atoms with Crippen LogP contribution in [-0.4, -0.2) is 41.2 Å². The van der Waals surface area contributed by atoms with Gasteiger partial charge >= 0.3 is 5.97 Å². The fourth-order valence-electron chi connectivity index (χ4n) is 6.36. The number of ether oxygens (including phenoxy) is 1. The molecule has 7 rings (SSSR count). The van der Waals surface area contributed by atoms with Crippen molar-refractivity contribution in [3.63, 3.8) is 0 Å². The highest BCUT2D eigenvalue weighted by Crippen LogP contribution is 2.61. The van der Waals surface area contributed by atoms with Gasteiger partial charge in [0.2, 0.25) is 11.8 Å². The molecular weight excluding hydrogens is 548 g/mol. The predicted octanol–water partition coefficient (Wildman–Crippen LogP) is 4.52. The number of halogens is 1. The normalized spacial score (nSPS) is 23.4. The molecule has 0 saturated carbocycles. The van der Waals surface area contributed by atoms with Crippen molar-refractivity contribution < 1.29 is 23.9 Å². The minimum Gasteiger partial charge on any atom is -0.454 e. The highest BCUT2D eigenvalue weighted by atomic mass is 79.9. The van der Waals surface area contributed by atoms with E-state index in [-0.39, 0.29) is 23.7 Å². The molecule has 1 fully saturated rings.